The van der Waals surface area contributed by atoms with Gasteiger partial charge in [-0.1, -0.05) is 12.1 Å². The Balaban J connectivity index is 2.31. The molecule has 0 unspecified atom stereocenters. The normalized spacial score (nSPS) is 19.6. The summed E-state index contributed by atoms with van der Waals surface area (Å²) >= 11 is 0. The highest BCUT2D eigenvalue weighted by Crippen LogP contribution is 2.43. The van der Waals surface area contributed by atoms with Gasteiger partial charge in [-0.25, -0.2) is 0 Å². The molecule has 112 valence electrons. The monoisotopic (exact) mass is 292 g/mol. The van der Waals surface area contributed by atoms with Gasteiger partial charge in [0.05, 0.1) is 27.4 Å². The quantitative estimate of drug-likeness (QED) is 0.756. The summed E-state index contributed by atoms with van der Waals surface area (Å²) in [7, 11) is 2.65. The first-order valence-electron chi connectivity index (χ1n) is 5.98. The Hall–Kier alpha value is -1.47. The summed E-state index contributed by atoms with van der Waals surface area (Å²) in [5.74, 6) is 0.250. The molecular weight excluding hydrogens is 277 g/mol. The van der Waals surface area contributed by atoms with E-state index in [0.717, 1.165) is 0 Å². The van der Waals surface area contributed by atoms with Crippen LogP contribution in [0.2, 0.25) is 0 Å². The van der Waals surface area contributed by atoms with Crippen molar-refractivity contribution in [2.75, 3.05) is 27.4 Å². The van der Waals surface area contributed by atoms with Crippen LogP contribution in [0.15, 0.2) is 18.2 Å². The van der Waals surface area contributed by atoms with Gasteiger partial charge in [0.15, 0.2) is 17.6 Å². The molecule has 0 bridgehead atoms. The minimum Gasteiger partial charge on any atom is -0.493 e. The maximum absolute atomic E-state index is 13.2. The van der Waals surface area contributed by atoms with E-state index in [1.54, 1.807) is 0 Å². The zero-order valence-corrected chi connectivity index (χ0v) is 11.1. The molecule has 0 spiro atoms. The van der Waals surface area contributed by atoms with E-state index in [4.69, 9.17) is 18.9 Å². The molecule has 2 atom stereocenters. The van der Waals surface area contributed by atoms with Crippen molar-refractivity contribution >= 4 is 0 Å². The number of hydrogen-bond donors (Lipinski definition) is 0. The summed E-state index contributed by atoms with van der Waals surface area (Å²) in [4.78, 5) is 0. The topological polar surface area (TPSA) is 40.2 Å². The lowest BCUT2D eigenvalue weighted by Crippen LogP contribution is -2.25. The molecule has 1 heterocycles. The number of rotatable bonds is 6. The van der Waals surface area contributed by atoms with Gasteiger partial charge in [-0.15, -0.1) is 0 Å². The number of benzene rings is 1. The fraction of sp³-hybridized carbons (Fsp3) is 0.538. The van der Waals surface area contributed by atoms with E-state index in [1.807, 2.05) is 0 Å². The Labute approximate surface area is 114 Å². The van der Waals surface area contributed by atoms with Gasteiger partial charge in [-0.05, 0) is 6.07 Å². The van der Waals surface area contributed by atoms with E-state index < -0.39 is 12.3 Å². The molecule has 0 amide bonds. The first kappa shape index (κ1) is 14.9. The highest BCUT2D eigenvalue weighted by atomic mass is 19.4. The summed E-state index contributed by atoms with van der Waals surface area (Å²) in [6.45, 7) is 0.324. The number of hydrogen-bond acceptors (Lipinski definition) is 4. The molecule has 0 aromatic heterocycles. The molecule has 1 fully saturated rings. The largest absolute Gasteiger partial charge is 0.493 e. The zero-order chi connectivity index (χ0) is 14.8. The van der Waals surface area contributed by atoms with Crippen LogP contribution >= 0.6 is 0 Å². The van der Waals surface area contributed by atoms with Gasteiger partial charge in [0, 0.05) is 5.56 Å². The highest BCUT2D eigenvalue weighted by Gasteiger charge is 2.44. The summed E-state index contributed by atoms with van der Waals surface area (Å²) < 4.78 is 59.4. The van der Waals surface area contributed by atoms with Crippen molar-refractivity contribution in [2.24, 2.45) is 0 Å². The lowest BCUT2D eigenvalue weighted by molar-refractivity contribution is -0.225. The Morgan fingerprint density at radius 3 is 2.50 bits per heavy atom. The zero-order valence-electron chi connectivity index (χ0n) is 11.1. The second kappa shape index (κ2) is 5.88. The number of alkyl halides is 3. The molecule has 0 radical (unpaired) electrons. The first-order chi connectivity index (χ1) is 9.47. The van der Waals surface area contributed by atoms with Crippen LogP contribution in [0.4, 0.5) is 13.2 Å². The third-order valence-corrected chi connectivity index (χ3v) is 2.86. The van der Waals surface area contributed by atoms with Crippen LogP contribution < -0.4 is 9.47 Å². The molecule has 2 rings (SSSR count). The fourth-order valence-corrected chi connectivity index (χ4v) is 1.85. The molecule has 0 N–H and O–H groups in total. The number of halogens is 3. The van der Waals surface area contributed by atoms with Crippen molar-refractivity contribution in [2.45, 2.75) is 18.4 Å². The van der Waals surface area contributed by atoms with Gasteiger partial charge >= 0.3 is 6.18 Å². The molecular formula is C13H15F3O4. The van der Waals surface area contributed by atoms with Crippen LogP contribution in [0.5, 0.6) is 11.5 Å². The van der Waals surface area contributed by atoms with Crippen LogP contribution in [0.3, 0.4) is 0 Å². The summed E-state index contributed by atoms with van der Waals surface area (Å²) in [6, 6.07) is 4.31. The molecule has 1 aliphatic heterocycles. The van der Waals surface area contributed by atoms with Gasteiger partial charge in [0.1, 0.15) is 6.10 Å². The standard InChI is InChI=1S/C13H15F3O4/c1-17-10-5-3-4-9(11(10)18-2)12(13(14,15)16)20-7-8-6-19-8/h3-5,8,12H,6-7H2,1-2H3/t8-,12+/m1/s1. The maximum Gasteiger partial charge on any atom is 0.419 e. The van der Waals surface area contributed by atoms with E-state index in [0.29, 0.717) is 6.61 Å². The van der Waals surface area contributed by atoms with Gasteiger partial charge in [-0.2, -0.15) is 13.2 Å². The average molecular weight is 292 g/mol. The third-order valence-electron chi connectivity index (χ3n) is 2.86. The second-order valence-corrected chi connectivity index (χ2v) is 4.29. The molecule has 1 aromatic carbocycles. The lowest BCUT2D eigenvalue weighted by Gasteiger charge is -2.23. The average Bonchev–Trinajstić information content (AvgIpc) is 3.21. The Morgan fingerprint density at radius 1 is 1.30 bits per heavy atom. The molecule has 7 heteroatoms. The Bertz CT molecular complexity index is 457. The molecule has 0 saturated carbocycles. The Kier molecular flexibility index (Phi) is 4.39. The fourth-order valence-electron chi connectivity index (χ4n) is 1.85. The summed E-state index contributed by atoms with van der Waals surface area (Å²) in [6.07, 6.45) is -6.87. The number of para-hydroxylation sites is 1. The summed E-state index contributed by atoms with van der Waals surface area (Å²) in [5.41, 5.74) is -0.111. The summed E-state index contributed by atoms with van der Waals surface area (Å²) in [5, 5.41) is 0. The molecule has 20 heavy (non-hydrogen) atoms. The van der Waals surface area contributed by atoms with Crippen LogP contribution in [0.1, 0.15) is 11.7 Å². The molecule has 1 aliphatic rings. The van der Waals surface area contributed by atoms with E-state index in [2.05, 4.69) is 0 Å². The minimum absolute atomic E-state index is 0.0223. The SMILES string of the molecule is COc1cccc([C@H](OC[C@H]2CO2)C(F)(F)F)c1OC. The second-order valence-electron chi connectivity index (χ2n) is 4.29. The van der Waals surface area contributed by atoms with Gasteiger partial charge < -0.3 is 18.9 Å². The predicted octanol–water partition coefficient (Wildman–Crippen LogP) is 2.72. The highest BCUT2D eigenvalue weighted by molar-refractivity contribution is 5.48. The smallest absolute Gasteiger partial charge is 0.419 e. The molecule has 4 nitrogen and oxygen atoms in total. The minimum atomic E-state index is -4.55. The first-order valence-corrected chi connectivity index (χ1v) is 5.98. The van der Waals surface area contributed by atoms with Gasteiger partial charge in [0.25, 0.3) is 0 Å². The molecule has 0 aliphatic carbocycles. The van der Waals surface area contributed by atoms with Crippen molar-refractivity contribution in [1.82, 2.24) is 0 Å². The van der Waals surface area contributed by atoms with Gasteiger partial charge in [-0.3, -0.25) is 0 Å². The van der Waals surface area contributed by atoms with Crippen LogP contribution in [-0.4, -0.2) is 39.7 Å². The van der Waals surface area contributed by atoms with Crippen LogP contribution in [-0.2, 0) is 9.47 Å². The predicted molar refractivity (Wildman–Crippen MR) is 64.0 cm³/mol. The number of epoxide rings is 1. The van der Waals surface area contributed by atoms with E-state index in [9.17, 15) is 13.2 Å². The number of ether oxygens (including phenoxy) is 4. The number of methoxy groups -OCH3 is 2. The van der Waals surface area contributed by atoms with E-state index in [1.165, 1.54) is 32.4 Å². The third kappa shape index (κ3) is 3.34. The van der Waals surface area contributed by atoms with Crippen LogP contribution in [0, 0.1) is 0 Å². The van der Waals surface area contributed by atoms with Crippen molar-refractivity contribution in [3.8, 4) is 11.5 Å². The van der Waals surface area contributed by atoms with Crippen LogP contribution in [0.25, 0.3) is 0 Å². The molecule has 1 saturated heterocycles. The van der Waals surface area contributed by atoms with E-state index in [-0.39, 0.29) is 29.8 Å². The lowest BCUT2D eigenvalue weighted by atomic mass is 10.1. The van der Waals surface area contributed by atoms with Crippen molar-refractivity contribution in [3.63, 3.8) is 0 Å². The van der Waals surface area contributed by atoms with Crippen molar-refractivity contribution in [3.05, 3.63) is 23.8 Å². The molecule has 1 aromatic rings. The van der Waals surface area contributed by atoms with Gasteiger partial charge in [0.2, 0.25) is 0 Å². The van der Waals surface area contributed by atoms with E-state index >= 15 is 0 Å². The van der Waals surface area contributed by atoms with Crippen molar-refractivity contribution in [1.29, 1.82) is 0 Å². The van der Waals surface area contributed by atoms with Crippen molar-refractivity contribution < 1.29 is 32.1 Å². The Morgan fingerprint density at radius 2 is 2.00 bits per heavy atom. The maximum atomic E-state index is 13.2.